The Morgan fingerprint density at radius 3 is 2.00 bits per heavy atom. The zero-order valence-electron chi connectivity index (χ0n) is 18.4. The van der Waals surface area contributed by atoms with E-state index in [1.807, 2.05) is 0 Å². The summed E-state index contributed by atoms with van der Waals surface area (Å²) < 4.78 is 0. The van der Waals surface area contributed by atoms with E-state index in [0.717, 1.165) is 0 Å². The fraction of sp³-hybridized carbons (Fsp3) is 0.870. The highest BCUT2D eigenvalue weighted by Gasteiger charge is 2.32. The summed E-state index contributed by atoms with van der Waals surface area (Å²) in [6.45, 7) is 18.7. The monoisotopic (exact) mass is 348 g/mol. The molecule has 0 fully saturated rings. The average molecular weight is 349 g/mol. The maximum Gasteiger partial charge on any atom is 0.112 e. The van der Waals surface area contributed by atoms with Crippen molar-refractivity contribution >= 4 is 0 Å². The Hall–Kier alpha value is -0.790. The molecule has 2 heteroatoms. The molecule has 2 nitrogen and oxygen atoms in total. The number of imidazole rings is 1. The lowest BCUT2D eigenvalue weighted by Crippen LogP contribution is -2.22. The van der Waals surface area contributed by atoms with Gasteiger partial charge >= 0.3 is 0 Å². The minimum atomic E-state index is 0.134. The van der Waals surface area contributed by atoms with Gasteiger partial charge in [0.25, 0.3) is 0 Å². The zero-order valence-corrected chi connectivity index (χ0v) is 18.4. The molecule has 1 aromatic heterocycles. The van der Waals surface area contributed by atoms with Gasteiger partial charge in [0, 0.05) is 16.5 Å². The number of hydrogen-bond donors (Lipinski definition) is 1. The van der Waals surface area contributed by atoms with Crippen LogP contribution in [0.25, 0.3) is 0 Å². The van der Waals surface area contributed by atoms with Gasteiger partial charge in [-0.1, -0.05) is 93.9 Å². The summed E-state index contributed by atoms with van der Waals surface area (Å²) in [4.78, 5) is 9.04. The second-order valence-corrected chi connectivity index (χ2v) is 9.37. The molecule has 0 saturated heterocycles. The first kappa shape index (κ1) is 22.3. The Balaban J connectivity index is 3.19. The summed E-state index contributed by atoms with van der Waals surface area (Å²) in [5.41, 5.74) is 3.03. The number of nitrogens with zero attached hydrogens (tertiary/aromatic N) is 1. The van der Waals surface area contributed by atoms with Crippen molar-refractivity contribution in [2.45, 2.75) is 130 Å². The van der Waals surface area contributed by atoms with E-state index in [1.165, 1.54) is 75.0 Å². The second kappa shape index (κ2) is 9.78. The van der Waals surface area contributed by atoms with Gasteiger partial charge in [0.2, 0.25) is 0 Å². The number of aromatic nitrogens is 2. The Morgan fingerprint density at radius 2 is 1.44 bits per heavy atom. The van der Waals surface area contributed by atoms with Gasteiger partial charge in [-0.05, 0) is 25.2 Å². The first-order valence-electron chi connectivity index (χ1n) is 10.8. The molecule has 1 heterocycles. The molecule has 0 aliphatic rings. The minimum Gasteiger partial charge on any atom is -0.345 e. The van der Waals surface area contributed by atoms with Gasteiger partial charge in [0.15, 0.2) is 0 Å². The molecular weight excluding hydrogens is 304 g/mol. The summed E-state index contributed by atoms with van der Waals surface area (Å²) in [6, 6.07) is 0. The van der Waals surface area contributed by atoms with Crippen LogP contribution in [0.1, 0.15) is 136 Å². The van der Waals surface area contributed by atoms with Crippen LogP contribution >= 0.6 is 0 Å². The minimum absolute atomic E-state index is 0.134. The van der Waals surface area contributed by atoms with Crippen molar-refractivity contribution in [1.82, 2.24) is 9.97 Å². The summed E-state index contributed by atoms with van der Waals surface area (Å²) in [5.74, 6) is 1.77. The standard InChI is InChI=1S/C23H44N2/c1-9-12-14-17-23(7,8)21-24-19(18(4)15-11-3)20(25-21)22(5,6)16-13-10-2/h18H,9-17H2,1-8H3,(H,24,25). The molecule has 0 amide bonds. The number of H-pyrrole nitrogens is 1. The molecule has 0 aliphatic carbocycles. The molecule has 25 heavy (non-hydrogen) atoms. The summed E-state index contributed by atoms with van der Waals surface area (Å²) >= 11 is 0. The Bertz CT molecular complexity index is 496. The average Bonchev–Trinajstić information content (AvgIpc) is 3.00. The van der Waals surface area contributed by atoms with Crippen LogP contribution in [0, 0.1) is 0 Å². The van der Waals surface area contributed by atoms with E-state index >= 15 is 0 Å². The normalized spacial score (nSPS) is 14.1. The van der Waals surface area contributed by atoms with Crippen molar-refractivity contribution in [3.8, 4) is 0 Å². The van der Waals surface area contributed by atoms with Gasteiger partial charge < -0.3 is 4.98 Å². The van der Waals surface area contributed by atoms with Crippen molar-refractivity contribution in [3.63, 3.8) is 0 Å². The fourth-order valence-corrected chi connectivity index (χ4v) is 3.83. The predicted octanol–water partition coefficient (Wildman–Crippen LogP) is 7.64. The van der Waals surface area contributed by atoms with Crippen LogP contribution in [0.5, 0.6) is 0 Å². The number of rotatable bonds is 12. The zero-order chi connectivity index (χ0) is 19.1. The van der Waals surface area contributed by atoms with Crippen molar-refractivity contribution in [2.24, 2.45) is 0 Å². The van der Waals surface area contributed by atoms with Crippen LogP contribution < -0.4 is 0 Å². The fourth-order valence-electron chi connectivity index (χ4n) is 3.83. The number of aromatic amines is 1. The number of nitrogens with one attached hydrogen (secondary N) is 1. The van der Waals surface area contributed by atoms with Crippen molar-refractivity contribution in [1.29, 1.82) is 0 Å². The van der Waals surface area contributed by atoms with Crippen molar-refractivity contribution < 1.29 is 0 Å². The molecule has 0 saturated carbocycles. The SMILES string of the molecule is CCCCCC(C)(C)c1nc(C(C)(C)CCCC)c(C(C)CCC)[nH]1. The molecule has 1 aromatic rings. The third kappa shape index (κ3) is 6.15. The molecule has 0 spiro atoms. The maximum atomic E-state index is 5.23. The topological polar surface area (TPSA) is 28.7 Å². The lowest BCUT2D eigenvalue weighted by molar-refractivity contribution is 0.419. The molecular formula is C23H44N2. The van der Waals surface area contributed by atoms with Crippen molar-refractivity contribution in [2.75, 3.05) is 0 Å². The van der Waals surface area contributed by atoms with Crippen LogP contribution in [0.2, 0.25) is 0 Å². The summed E-state index contributed by atoms with van der Waals surface area (Å²) in [5, 5.41) is 0. The van der Waals surface area contributed by atoms with E-state index in [4.69, 9.17) is 4.98 Å². The Morgan fingerprint density at radius 1 is 0.840 bits per heavy atom. The number of hydrogen-bond acceptors (Lipinski definition) is 1. The van der Waals surface area contributed by atoms with E-state index in [0.29, 0.717) is 5.92 Å². The van der Waals surface area contributed by atoms with E-state index in [-0.39, 0.29) is 10.8 Å². The van der Waals surface area contributed by atoms with Gasteiger partial charge in [0.1, 0.15) is 5.82 Å². The smallest absolute Gasteiger partial charge is 0.112 e. The van der Waals surface area contributed by atoms with Gasteiger partial charge in [-0.25, -0.2) is 4.98 Å². The third-order valence-corrected chi connectivity index (χ3v) is 5.79. The quantitative estimate of drug-likeness (QED) is 0.386. The molecule has 1 unspecified atom stereocenters. The highest BCUT2D eigenvalue weighted by atomic mass is 15.0. The molecule has 0 radical (unpaired) electrons. The molecule has 146 valence electrons. The van der Waals surface area contributed by atoms with Gasteiger partial charge in [-0.3, -0.25) is 0 Å². The Kier molecular flexibility index (Phi) is 8.71. The Labute approximate surface area is 157 Å². The lowest BCUT2D eigenvalue weighted by atomic mass is 9.80. The summed E-state index contributed by atoms with van der Waals surface area (Å²) in [7, 11) is 0. The third-order valence-electron chi connectivity index (χ3n) is 5.79. The molecule has 0 aliphatic heterocycles. The highest BCUT2D eigenvalue weighted by Crippen LogP contribution is 2.37. The molecule has 0 aromatic carbocycles. The van der Waals surface area contributed by atoms with E-state index in [2.05, 4.69) is 60.4 Å². The van der Waals surface area contributed by atoms with Crippen LogP contribution in [-0.2, 0) is 10.8 Å². The van der Waals surface area contributed by atoms with Crippen LogP contribution in [0.15, 0.2) is 0 Å². The van der Waals surface area contributed by atoms with Crippen LogP contribution in [0.4, 0.5) is 0 Å². The first-order chi connectivity index (χ1) is 11.7. The second-order valence-electron chi connectivity index (χ2n) is 9.37. The van der Waals surface area contributed by atoms with Crippen molar-refractivity contribution in [3.05, 3.63) is 17.2 Å². The van der Waals surface area contributed by atoms with Gasteiger partial charge in [-0.2, -0.15) is 0 Å². The molecule has 1 N–H and O–H groups in total. The van der Waals surface area contributed by atoms with Gasteiger partial charge in [-0.15, -0.1) is 0 Å². The first-order valence-corrected chi connectivity index (χ1v) is 10.8. The highest BCUT2D eigenvalue weighted by molar-refractivity contribution is 5.28. The van der Waals surface area contributed by atoms with E-state index < -0.39 is 0 Å². The summed E-state index contributed by atoms with van der Waals surface area (Å²) in [6.07, 6.45) is 11.3. The maximum absolute atomic E-state index is 5.23. The molecule has 1 atom stereocenters. The van der Waals surface area contributed by atoms with Crippen LogP contribution in [-0.4, -0.2) is 9.97 Å². The van der Waals surface area contributed by atoms with Gasteiger partial charge in [0.05, 0.1) is 5.69 Å². The van der Waals surface area contributed by atoms with Crippen LogP contribution in [0.3, 0.4) is 0 Å². The number of unbranched alkanes of at least 4 members (excludes halogenated alkanes) is 3. The van der Waals surface area contributed by atoms with E-state index in [1.54, 1.807) is 0 Å². The molecule has 1 rings (SSSR count). The molecule has 0 bridgehead atoms. The predicted molar refractivity (Wildman–Crippen MR) is 112 cm³/mol. The lowest BCUT2D eigenvalue weighted by Gasteiger charge is -2.25. The largest absolute Gasteiger partial charge is 0.345 e. The van der Waals surface area contributed by atoms with E-state index in [9.17, 15) is 0 Å².